The van der Waals surface area contributed by atoms with E-state index in [9.17, 15) is 14.7 Å². The zero-order valence-electron chi connectivity index (χ0n) is 29.2. The van der Waals surface area contributed by atoms with Gasteiger partial charge in [-0.25, -0.2) is 0 Å². The third-order valence-corrected chi connectivity index (χ3v) is 8.82. The van der Waals surface area contributed by atoms with Crippen molar-refractivity contribution in [3.05, 3.63) is 0 Å². The minimum Gasteiger partial charge on any atom is -0.465 e. The van der Waals surface area contributed by atoms with Gasteiger partial charge < -0.3 is 19.5 Å². The van der Waals surface area contributed by atoms with Crippen LogP contribution in [0.3, 0.4) is 0 Å². The number of nitrogens with zero attached hydrogens (tertiary/aromatic N) is 1. The number of carbonyl (C=O) groups excluding carboxylic acids is 2. The van der Waals surface area contributed by atoms with E-state index in [1.807, 2.05) is 0 Å². The number of hydrogen-bond acceptors (Lipinski definition) is 6. The third-order valence-electron chi connectivity index (χ3n) is 8.82. The fraction of sp³-hybridized carbons (Fsp3) is 0.946. The molecule has 0 radical (unpaired) electrons. The average Bonchev–Trinajstić information content (AvgIpc) is 3.01. The van der Waals surface area contributed by atoms with E-state index >= 15 is 0 Å². The van der Waals surface area contributed by atoms with Gasteiger partial charge in [0.15, 0.2) is 0 Å². The second kappa shape index (κ2) is 32.3. The van der Waals surface area contributed by atoms with E-state index in [2.05, 4.69) is 32.6 Å². The van der Waals surface area contributed by atoms with Crippen LogP contribution < -0.4 is 0 Å². The first-order valence-electron chi connectivity index (χ1n) is 18.7. The molecule has 0 saturated heterocycles. The lowest BCUT2D eigenvalue weighted by molar-refractivity contribution is -0.150. The highest BCUT2D eigenvalue weighted by Gasteiger charge is 2.17. The van der Waals surface area contributed by atoms with Crippen LogP contribution in [0.1, 0.15) is 175 Å². The van der Waals surface area contributed by atoms with Crippen molar-refractivity contribution in [2.45, 2.75) is 175 Å². The van der Waals surface area contributed by atoms with Gasteiger partial charge in [-0.2, -0.15) is 0 Å². The molecule has 256 valence electrons. The Balaban J connectivity index is 3.75. The van der Waals surface area contributed by atoms with Crippen molar-refractivity contribution in [1.29, 1.82) is 0 Å². The first kappa shape index (κ1) is 41.9. The molecule has 0 heterocycles. The van der Waals surface area contributed by atoms with Crippen LogP contribution in [0.25, 0.3) is 0 Å². The van der Waals surface area contributed by atoms with Crippen molar-refractivity contribution >= 4 is 11.9 Å². The number of aliphatic hydroxyl groups excluding tert-OH is 1. The number of aliphatic hydroxyl groups is 1. The second-order valence-electron chi connectivity index (χ2n) is 12.7. The maximum Gasteiger partial charge on any atom is 0.308 e. The molecule has 0 aliphatic rings. The lowest BCUT2D eigenvalue weighted by Crippen LogP contribution is -2.27. The maximum atomic E-state index is 12.2. The lowest BCUT2D eigenvalue weighted by Gasteiger charge is -2.22. The Labute approximate surface area is 267 Å². The van der Waals surface area contributed by atoms with Crippen molar-refractivity contribution in [1.82, 2.24) is 4.90 Å². The Hall–Kier alpha value is -1.14. The smallest absolute Gasteiger partial charge is 0.308 e. The van der Waals surface area contributed by atoms with E-state index in [4.69, 9.17) is 9.47 Å². The first-order chi connectivity index (χ1) is 21.0. The number of esters is 2. The van der Waals surface area contributed by atoms with Gasteiger partial charge in [0.05, 0.1) is 25.0 Å². The summed E-state index contributed by atoms with van der Waals surface area (Å²) in [6.45, 7) is 13.2. The van der Waals surface area contributed by atoms with Gasteiger partial charge >= 0.3 is 11.9 Å². The van der Waals surface area contributed by atoms with Crippen LogP contribution in [0.15, 0.2) is 0 Å². The summed E-state index contributed by atoms with van der Waals surface area (Å²) in [5, 5.41) is 9.30. The summed E-state index contributed by atoms with van der Waals surface area (Å²) in [6.07, 6.45) is 25.9. The highest BCUT2D eigenvalue weighted by Crippen LogP contribution is 2.17. The Morgan fingerprint density at radius 2 is 0.860 bits per heavy atom. The lowest BCUT2D eigenvalue weighted by atomic mass is 10.00. The van der Waals surface area contributed by atoms with Crippen molar-refractivity contribution in [3.63, 3.8) is 0 Å². The molecule has 0 aromatic heterocycles. The van der Waals surface area contributed by atoms with Crippen molar-refractivity contribution < 1.29 is 24.2 Å². The molecule has 6 nitrogen and oxygen atoms in total. The van der Waals surface area contributed by atoms with Gasteiger partial charge in [-0.15, -0.1) is 0 Å². The summed E-state index contributed by atoms with van der Waals surface area (Å²) in [7, 11) is 0. The van der Waals surface area contributed by atoms with Gasteiger partial charge in [0.1, 0.15) is 0 Å². The van der Waals surface area contributed by atoms with Crippen LogP contribution in [0.4, 0.5) is 0 Å². The number of ether oxygens (including phenoxy) is 2. The predicted octanol–water partition coefficient (Wildman–Crippen LogP) is 9.65. The van der Waals surface area contributed by atoms with Crippen LogP contribution in [-0.4, -0.2) is 61.4 Å². The predicted molar refractivity (Wildman–Crippen MR) is 181 cm³/mol. The Morgan fingerprint density at radius 3 is 1.21 bits per heavy atom. The topological polar surface area (TPSA) is 76.1 Å². The largest absolute Gasteiger partial charge is 0.465 e. The van der Waals surface area contributed by atoms with E-state index < -0.39 is 0 Å². The maximum absolute atomic E-state index is 12.2. The summed E-state index contributed by atoms with van der Waals surface area (Å²) in [4.78, 5) is 26.9. The first-order valence-corrected chi connectivity index (χ1v) is 18.7. The molecule has 0 aliphatic carbocycles. The highest BCUT2D eigenvalue weighted by atomic mass is 16.5. The molecule has 0 fully saturated rings. The molecule has 0 aromatic rings. The minimum absolute atomic E-state index is 0.0102. The van der Waals surface area contributed by atoms with Crippen molar-refractivity contribution in [2.24, 2.45) is 11.8 Å². The quantitative estimate of drug-likeness (QED) is 0.0588. The molecule has 0 saturated carbocycles. The molecule has 0 bridgehead atoms. The van der Waals surface area contributed by atoms with Crippen LogP contribution >= 0.6 is 0 Å². The summed E-state index contributed by atoms with van der Waals surface area (Å²) in [5.41, 5.74) is 0. The molecule has 1 N–H and O–H groups in total. The molecule has 0 amide bonds. The molecule has 0 rings (SSSR count). The molecular weight excluding hydrogens is 538 g/mol. The molecule has 1 unspecified atom stereocenters. The summed E-state index contributed by atoms with van der Waals surface area (Å²) >= 11 is 0. The molecule has 0 aliphatic heterocycles. The van der Waals surface area contributed by atoms with Crippen LogP contribution in [0.2, 0.25) is 0 Å². The van der Waals surface area contributed by atoms with E-state index in [1.165, 1.54) is 64.2 Å². The third kappa shape index (κ3) is 25.8. The number of carbonyl (C=O) groups is 2. The SMILES string of the molecule is CCCCC(CC)C(=O)OCCCCCCCCCN(CCCO)CCCCCCCCCOC(=O)[C@H](CC)CCCC. The molecular formula is C37H73NO5. The monoisotopic (exact) mass is 612 g/mol. The summed E-state index contributed by atoms with van der Waals surface area (Å²) < 4.78 is 11.0. The normalized spacial score (nSPS) is 12.9. The number of unbranched alkanes of at least 4 members (excludes halogenated alkanes) is 14. The number of rotatable bonds is 33. The fourth-order valence-electron chi connectivity index (χ4n) is 5.73. The van der Waals surface area contributed by atoms with Gasteiger partial charge in [-0.05, 0) is 70.9 Å². The number of hydrogen-bond donors (Lipinski definition) is 1. The standard InChI is InChI=1S/C37H73NO5/c1-5-9-26-34(7-3)36(40)42-32-23-19-15-11-13-17-21-28-38(30-25-31-39)29-22-18-14-12-16-20-24-33-43-37(41)35(8-4)27-10-6-2/h34-35,39H,5-33H2,1-4H3/t34-,35?/m1/s1. The van der Waals surface area contributed by atoms with E-state index in [0.717, 1.165) is 103 Å². The molecule has 0 spiro atoms. The van der Waals surface area contributed by atoms with E-state index in [1.54, 1.807) is 0 Å². The van der Waals surface area contributed by atoms with Gasteiger partial charge in [-0.3, -0.25) is 9.59 Å². The highest BCUT2D eigenvalue weighted by molar-refractivity contribution is 5.72. The summed E-state index contributed by atoms with van der Waals surface area (Å²) in [5.74, 6) is 0.198. The van der Waals surface area contributed by atoms with E-state index in [0.29, 0.717) is 13.2 Å². The van der Waals surface area contributed by atoms with Gasteiger partial charge in [0.2, 0.25) is 0 Å². The van der Waals surface area contributed by atoms with Crippen LogP contribution in [0, 0.1) is 11.8 Å². The molecule has 6 heteroatoms. The average molecular weight is 612 g/mol. The van der Waals surface area contributed by atoms with E-state index in [-0.39, 0.29) is 30.4 Å². The van der Waals surface area contributed by atoms with Crippen LogP contribution in [-0.2, 0) is 19.1 Å². The Bertz CT molecular complexity index is 566. The zero-order valence-corrected chi connectivity index (χ0v) is 29.2. The summed E-state index contributed by atoms with van der Waals surface area (Å²) in [6, 6.07) is 0. The zero-order chi connectivity index (χ0) is 31.8. The van der Waals surface area contributed by atoms with Crippen molar-refractivity contribution in [2.75, 3.05) is 39.5 Å². The fourth-order valence-corrected chi connectivity index (χ4v) is 5.73. The second-order valence-corrected chi connectivity index (χ2v) is 12.7. The molecule has 2 atom stereocenters. The van der Waals surface area contributed by atoms with Crippen LogP contribution in [0.5, 0.6) is 0 Å². The van der Waals surface area contributed by atoms with Gasteiger partial charge in [-0.1, -0.05) is 118 Å². The Kier molecular flexibility index (Phi) is 31.4. The molecule has 0 aromatic carbocycles. The Morgan fingerprint density at radius 1 is 0.512 bits per heavy atom. The van der Waals surface area contributed by atoms with Gasteiger partial charge in [0.25, 0.3) is 0 Å². The van der Waals surface area contributed by atoms with Gasteiger partial charge in [0, 0.05) is 13.2 Å². The molecule has 43 heavy (non-hydrogen) atoms. The van der Waals surface area contributed by atoms with Crippen molar-refractivity contribution in [3.8, 4) is 0 Å². The minimum atomic E-state index is 0.0102.